The lowest BCUT2D eigenvalue weighted by molar-refractivity contribution is 0.102. The van der Waals surface area contributed by atoms with Crippen LogP contribution < -0.4 is 20.1 Å². The van der Waals surface area contributed by atoms with Gasteiger partial charge in [-0.2, -0.15) is 0 Å². The number of amides is 1. The number of nitrogens with one attached hydrogen (secondary N) is 2. The van der Waals surface area contributed by atoms with E-state index in [0.717, 1.165) is 16.8 Å². The third kappa shape index (κ3) is 4.45. The van der Waals surface area contributed by atoms with Gasteiger partial charge >= 0.3 is 0 Å². The number of ether oxygens (including phenoxy) is 2. The zero-order valence-corrected chi connectivity index (χ0v) is 16.6. The molecule has 0 bridgehead atoms. The van der Waals surface area contributed by atoms with Crippen LogP contribution in [0.5, 0.6) is 11.5 Å². The van der Waals surface area contributed by atoms with Crippen molar-refractivity contribution in [1.29, 1.82) is 0 Å². The summed E-state index contributed by atoms with van der Waals surface area (Å²) >= 11 is 0. The first kappa shape index (κ1) is 18.7. The predicted octanol–water partition coefficient (Wildman–Crippen LogP) is 4.17. The van der Waals surface area contributed by atoms with E-state index in [-0.39, 0.29) is 11.6 Å². The van der Waals surface area contributed by atoms with Crippen molar-refractivity contribution >= 4 is 23.2 Å². The molecule has 7 heteroatoms. The Morgan fingerprint density at radius 3 is 2.34 bits per heavy atom. The molecule has 2 aromatic carbocycles. The molecule has 0 aliphatic carbocycles. The lowest BCUT2D eigenvalue weighted by atomic mass is 10.1. The van der Waals surface area contributed by atoms with Crippen molar-refractivity contribution in [2.45, 2.75) is 20.8 Å². The summed E-state index contributed by atoms with van der Waals surface area (Å²) in [5.74, 6) is 1.34. The van der Waals surface area contributed by atoms with Crippen molar-refractivity contribution in [1.82, 2.24) is 9.97 Å². The molecule has 29 heavy (non-hydrogen) atoms. The molecule has 4 rings (SSSR count). The zero-order chi connectivity index (χ0) is 20.4. The van der Waals surface area contributed by atoms with Crippen molar-refractivity contribution in [2.75, 3.05) is 23.8 Å². The van der Waals surface area contributed by atoms with Gasteiger partial charge in [-0.1, -0.05) is 6.07 Å². The molecule has 2 N–H and O–H groups in total. The van der Waals surface area contributed by atoms with E-state index in [4.69, 9.17) is 9.47 Å². The van der Waals surface area contributed by atoms with E-state index in [1.165, 1.54) is 0 Å². The van der Waals surface area contributed by atoms with E-state index in [1.807, 2.05) is 32.9 Å². The first-order valence-corrected chi connectivity index (χ1v) is 9.38. The first-order chi connectivity index (χ1) is 14.0. The minimum absolute atomic E-state index is 0.277. The Morgan fingerprint density at radius 1 is 0.862 bits per heavy atom. The number of aromatic nitrogens is 2. The Balaban J connectivity index is 1.54. The van der Waals surface area contributed by atoms with Crippen LogP contribution in [0, 0.1) is 20.8 Å². The van der Waals surface area contributed by atoms with Crippen LogP contribution in [0.25, 0.3) is 0 Å². The number of rotatable bonds is 4. The average molecular weight is 390 g/mol. The molecule has 148 valence electrons. The molecule has 7 nitrogen and oxygen atoms in total. The standard InChI is InChI=1S/C22H22N4O3/c1-13-8-14(2)10-17(9-13)25-22-23-15(3)11-18(26-22)21(27)24-16-4-5-19-20(12-16)29-7-6-28-19/h4-5,8-12H,6-7H2,1-3H3,(H,24,27)(H,23,25,26). The molecule has 0 saturated carbocycles. The molecule has 1 aliphatic rings. The van der Waals surface area contributed by atoms with Gasteiger partial charge in [-0.25, -0.2) is 9.97 Å². The van der Waals surface area contributed by atoms with Crippen molar-refractivity contribution < 1.29 is 14.3 Å². The van der Waals surface area contributed by atoms with Crippen LogP contribution in [0.2, 0.25) is 0 Å². The average Bonchev–Trinajstić information content (AvgIpc) is 2.66. The fraction of sp³-hybridized carbons (Fsp3) is 0.227. The smallest absolute Gasteiger partial charge is 0.274 e. The Hall–Kier alpha value is -3.61. The van der Waals surface area contributed by atoms with Gasteiger partial charge in [0, 0.05) is 23.1 Å². The second-order valence-corrected chi connectivity index (χ2v) is 7.03. The SMILES string of the molecule is Cc1cc(C)cc(Nc2nc(C)cc(C(=O)Nc3ccc4c(c3)OCCO4)n2)c1. The van der Waals surface area contributed by atoms with Crippen molar-refractivity contribution in [2.24, 2.45) is 0 Å². The third-order valence-electron chi connectivity index (χ3n) is 4.36. The van der Waals surface area contributed by atoms with Gasteiger partial charge in [-0.3, -0.25) is 4.79 Å². The maximum Gasteiger partial charge on any atom is 0.274 e. The monoisotopic (exact) mass is 390 g/mol. The summed E-state index contributed by atoms with van der Waals surface area (Å²) in [4.78, 5) is 21.5. The summed E-state index contributed by atoms with van der Waals surface area (Å²) in [7, 11) is 0. The summed E-state index contributed by atoms with van der Waals surface area (Å²) in [6.45, 7) is 6.90. The number of aryl methyl sites for hydroxylation is 3. The Bertz CT molecular complexity index is 1060. The van der Waals surface area contributed by atoms with Crippen LogP contribution >= 0.6 is 0 Å². The maximum absolute atomic E-state index is 12.7. The van der Waals surface area contributed by atoms with E-state index in [0.29, 0.717) is 42.0 Å². The van der Waals surface area contributed by atoms with E-state index in [2.05, 4.69) is 26.7 Å². The number of anilines is 3. The maximum atomic E-state index is 12.7. The van der Waals surface area contributed by atoms with Crippen LogP contribution in [0.15, 0.2) is 42.5 Å². The minimum Gasteiger partial charge on any atom is -0.486 e. The molecule has 0 unspecified atom stereocenters. The van der Waals surface area contributed by atoms with Gasteiger partial charge in [0.1, 0.15) is 18.9 Å². The molecule has 0 radical (unpaired) electrons. The second-order valence-electron chi connectivity index (χ2n) is 7.03. The normalized spacial score (nSPS) is 12.4. The molecule has 1 amide bonds. The van der Waals surface area contributed by atoms with Gasteiger partial charge in [0.15, 0.2) is 11.5 Å². The molecule has 0 spiro atoms. The molecule has 1 aromatic heterocycles. The van der Waals surface area contributed by atoms with Crippen LogP contribution in [-0.4, -0.2) is 29.1 Å². The van der Waals surface area contributed by atoms with E-state index in [9.17, 15) is 4.79 Å². The molecule has 1 aliphatic heterocycles. The van der Waals surface area contributed by atoms with Crippen LogP contribution in [-0.2, 0) is 0 Å². The third-order valence-corrected chi connectivity index (χ3v) is 4.36. The lowest BCUT2D eigenvalue weighted by Gasteiger charge is -2.19. The van der Waals surface area contributed by atoms with Crippen LogP contribution in [0.1, 0.15) is 27.3 Å². The summed E-state index contributed by atoms with van der Waals surface area (Å²) in [5.41, 5.74) is 4.73. The largest absolute Gasteiger partial charge is 0.486 e. The molecule has 0 saturated heterocycles. The number of fused-ring (bicyclic) bond motifs is 1. The van der Waals surface area contributed by atoms with Crippen molar-refractivity contribution in [3.63, 3.8) is 0 Å². The molecule has 0 atom stereocenters. The second kappa shape index (κ2) is 7.79. The van der Waals surface area contributed by atoms with Crippen molar-refractivity contribution in [3.05, 3.63) is 65.0 Å². The summed E-state index contributed by atoms with van der Waals surface area (Å²) < 4.78 is 11.1. The Morgan fingerprint density at radius 2 is 1.59 bits per heavy atom. The number of hydrogen-bond donors (Lipinski definition) is 2. The molecule has 3 aromatic rings. The van der Waals surface area contributed by atoms with Gasteiger partial charge in [-0.05, 0) is 62.2 Å². The Labute approximate surface area is 169 Å². The van der Waals surface area contributed by atoms with Gasteiger partial charge in [0.05, 0.1) is 0 Å². The zero-order valence-electron chi connectivity index (χ0n) is 16.6. The minimum atomic E-state index is -0.323. The van der Waals surface area contributed by atoms with E-state index < -0.39 is 0 Å². The van der Waals surface area contributed by atoms with Gasteiger partial charge in [0.25, 0.3) is 5.91 Å². The number of nitrogens with zero attached hydrogens (tertiary/aromatic N) is 2. The van der Waals surface area contributed by atoms with Gasteiger partial charge < -0.3 is 20.1 Å². The first-order valence-electron chi connectivity index (χ1n) is 9.38. The fourth-order valence-corrected chi connectivity index (χ4v) is 3.23. The summed E-state index contributed by atoms with van der Waals surface area (Å²) in [6.07, 6.45) is 0. The molecule has 0 fully saturated rings. The highest BCUT2D eigenvalue weighted by Gasteiger charge is 2.15. The van der Waals surface area contributed by atoms with Crippen LogP contribution in [0.3, 0.4) is 0 Å². The van der Waals surface area contributed by atoms with Gasteiger partial charge in [0.2, 0.25) is 5.95 Å². The fourth-order valence-electron chi connectivity index (χ4n) is 3.23. The molecular formula is C22H22N4O3. The molecular weight excluding hydrogens is 368 g/mol. The summed E-state index contributed by atoms with van der Waals surface area (Å²) in [6, 6.07) is 13.1. The number of hydrogen-bond acceptors (Lipinski definition) is 6. The van der Waals surface area contributed by atoms with Crippen molar-refractivity contribution in [3.8, 4) is 11.5 Å². The van der Waals surface area contributed by atoms with Crippen LogP contribution in [0.4, 0.5) is 17.3 Å². The van der Waals surface area contributed by atoms with E-state index >= 15 is 0 Å². The molecule has 2 heterocycles. The number of carbonyl (C=O) groups is 1. The quantitative estimate of drug-likeness (QED) is 0.695. The Kier molecular flexibility index (Phi) is 5.03. The highest BCUT2D eigenvalue weighted by atomic mass is 16.6. The lowest BCUT2D eigenvalue weighted by Crippen LogP contribution is -2.17. The number of benzene rings is 2. The van der Waals surface area contributed by atoms with E-state index in [1.54, 1.807) is 24.3 Å². The highest BCUT2D eigenvalue weighted by Crippen LogP contribution is 2.32. The topological polar surface area (TPSA) is 85.4 Å². The predicted molar refractivity (Wildman–Crippen MR) is 111 cm³/mol. The van der Waals surface area contributed by atoms with Gasteiger partial charge in [-0.15, -0.1) is 0 Å². The highest BCUT2D eigenvalue weighted by molar-refractivity contribution is 6.03. The summed E-state index contributed by atoms with van der Waals surface area (Å²) in [5, 5.41) is 6.04. The number of carbonyl (C=O) groups excluding carboxylic acids is 1.